The van der Waals surface area contributed by atoms with Crippen molar-refractivity contribution in [2.75, 3.05) is 6.61 Å². The van der Waals surface area contributed by atoms with Crippen molar-refractivity contribution in [2.45, 2.75) is 20.3 Å². The van der Waals surface area contributed by atoms with Crippen LogP contribution in [0.5, 0.6) is 5.75 Å². The van der Waals surface area contributed by atoms with Crippen LogP contribution in [0.3, 0.4) is 0 Å². The van der Waals surface area contributed by atoms with E-state index < -0.39 is 0 Å². The minimum absolute atomic E-state index is 0.572. The molecule has 2 nitrogen and oxygen atoms in total. The molecule has 21 heavy (non-hydrogen) atoms. The summed E-state index contributed by atoms with van der Waals surface area (Å²) in [7, 11) is 0. The first kappa shape index (κ1) is 15.9. The fourth-order valence-electron chi connectivity index (χ4n) is 1.95. The molecule has 4 heteroatoms. The van der Waals surface area contributed by atoms with E-state index in [1.54, 1.807) is 6.07 Å². The summed E-state index contributed by atoms with van der Waals surface area (Å²) in [5, 5.41) is 1.14. The first-order valence-corrected chi connectivity index (χ1v) is 7.53. The highest BCUT2D eigenvalue weighted by molar-refractivity contribution is 6.34. The lowest BCUT2D eigenvalue weighted by Gasteiger charge is -2.13. The van der Waals surface area contributed by atoms with E-state index in [9.17, 15) is 0 Å². The van der Waals surface area contributed by atoms with Crippen LogP contribution in [0.15, 0.2) is 36.9 Å². The molecule has 110 valence electrons. The Kier molecular flexibility index (Phi) is 5.27. The van der Waals surface area contributed by atoms with E-state index >= 15 is 0 Å². The summed E-state index contributed by atoms with van der Waals surface area (Å²) in [4.78, 5) is 4.55. The lowest BCUT2D eigenvalue weighted by molar-refractivity contribution is 0.315. The first-order chi connectivity index (χ1) is 10.0. The number of rotatable bonds is 5. The van der Waals surface area contributed by atoms with Gasteiger partial charge in [0.15, 0.2) is 0 Å². The average Bonchev–Trinajstić information content (AvgIpc) is 2.44. The predicted octanol–water partition coefficient (Wildman–Crippen LogP) is 5.55. The zero-order valence-corrected chi connectivity index (χ0v) is 13.6. The van der Waals surface area contributed by atoms with Crippen molar-refractivity contribution < 1.29 is 4.74 Å². The molecule has 1 heterocycles. The SMILES string of the molecule is C=C(c1cc(Cl)cc(Cl)c1)c1nc(C)ccc1OCCC. The van der Waals surface area contributed by atoms with Crippen LogP contribution < -0.4 is 4.74 Å². The van der Waals surface area contributed by atoms with E-state index in [-0.39, 0.29) is 0 Å². The molecule has 0 saturated carbocycles. The van der Waals surface area contributed by atoms with E-state index in [2.05, 4.69) is 18.5 Å². The van der Waals surface area contributed by atoms with Crippen LogP contribution in [-0.2, 0) is 0 Å². The summed E-state index contributed by atoms with van der Waals surface area (Å²) in [5.74, 6) is 0.726. The third kappa shape index (κ3) is 3.99. The summed E-state index contributed by atoms with van der Waals surface area (Å²) >= 11 is 12.1. The first-order valence-electron chi connectivity index (χ1n) is 6.77. The lowest BCUT2D eigenvalue weighted by atomic mass is 10.0. The summed E-state index contributed by atoms with van der Waals surface area (Å²) in [6, 6.07) is 9.18. The second kappa shape index (κ2) is 6.97. The summed E-state index contributed by atoms with van der Waals surface area (Å²) < 4.78 is 5.76. The van der Waals surface area contributed by atoms with E-state index in [0.29, 0.717) is 16.7 Å². The standard InChI is InChI=1S/C17H17Cl2NO/c1-4-7-21-16-6-5-11(2)20-17(16)12(3)13-8-14(18)10-15(19)9-13/h5-6,8-10H,3-4,7H2,1-2H3. The molecule has 1 aromatic heterocycles. The maximum absolute atomic E-state index is 6.06. The number of halogens is 2. The van der Waals surface area contributed by atoms with Gasteiger partial charge in [-0.1, -0.05) is 36.7 Å². The Bertz CT molecular complexity index is 648. The van der Waals surface area contributed by atoms with Crippen LogP contribution in [0.4, 0.5) is 0 Å². The fraction of sp³-hybridized carbons (Fsp3) is 0.235. The highest BCUT2D eigenvalue weighted by Gasteiger charge is 2.13. The summed E-state index contributed by atoms with van der Waals surface area (Å²) in [6.07, 6.45) is 0.933. The Morgan fingerprint density at radius 3 is 2.48 bits per heavy atom. The van der Waals surface area contributed by atoms with Gasteiger partial charge in [-0.25, -0.2) is 4.98 Å². The second-order valence-corrected chi connectivity index (χ2v) is 5.66. The molecule has 0 fully saturated rings. The van der Waals surface area contributed by atoms with Crippen molar-refractivity contribution in [2.24, 2.45) is 0 Å². The smallest absolute Gasteiger partial charge is 0.145 e. The molecule has 0 aliphatic rings. The van der Waals surface area contributed by atoms with E-state index in [1.165, 1.54) is 0 Å². The molecule has 0 bridgehead atoms. The maximum atomic E-state index is 6.06. The monoisotopic (exact) mass is 321 g/mol. The molecular weight excluding hydrogens is 305 g/mol. The number of nitrogens with zero attached hydrogens (tertiary/aromatic N) is 1. The molecule has 0 unspecified atom stereocenters. The zero-order valence-electron chi connectivity index (χ0n) is 12.1. The van der Waals surface area contributed by atoms with E-state index in [1.807, 2.05) is 31.2 Å². The quantitative estimate of drug-likeness (QED) is 0.720. The van der Waals surface area contributed by atoms with Gasteiger partial charge in [-0.15, -0.1) is 0 Å². The van der Waals surface area contributed by atoms with Gasteiger partial charge in [-0.3, -0.25) is 0 Å². The Balaban J connectivity index is 2.43. The minimum Gasteiger partial charge on any atom is -0.491 e. The fourth-order valence-corrected chi connectivity index (χ4v) is 2.48. The van der Waals surface area contributed by atoms with Gasteiger partial charge in [0.05, 0.1) is 6.61 Å². The lowest BCUT2D eigenvalue weighted by Crippen LogP contribution is -2.02. The molecule has 0 atom stereocenters. The van der Waals surface area contributed by atoms with E-state index in [4.69, 9.17) is 27.9 Å². The van der Waals surface area contributed by atoms with Gasteiger partial charge < -0.3 is 4.74 Å². The molecule has 0 aliphatic heterocycles. The van der Waals surface area contributed by atoms with E-state index in [0.717, 1.165) is 34.7 Å². The normalized spacial score (nSPS) is 10.5. The Morgan fingerprint density at radius 1 is 1.19 bits per heavy atom. The molecule has 0 aliphatic carbocycles. The third-order valence-electron chi connectivity index (χ3n) is 2.96. The number of ether oxygens (including phenoxy) is 1. The van der Waals surface area contributed by atoms with Gasteiger partial charge >= 0.3 is 0 Å². The Hall–Kier alpha value is -1.51. The molecule has 2 aromatic rings. The largest absolute Gasteiger partial charge is 0.491 e. The predicted molar refractivity (Wildman–Crippen MR) is 89.4 cm³/mol. The average molecular weight is 322 g/mol. The Labute approximate surface area is 135 Å². The van der Waals surface area contributed by atoms with Crippen LogP contribution in [0.2, 0.25) is 10.0 Å². The number of hydrogen-bond donors (Lipinski definition) is 0. The van der Waals surface area contributed by atoms with Crippen molar-refractivity contribution in [3.05, 3.63) is 63.9 Å². The van der Waals surface area contributed by atoms with Gasteiger partial charge in [0.2, 0.25) is 0 Å². The van der Waals surface area contributed by atoms with Crippen molar-refractivity contribution in [3.8, 4) is 5.75 Å². The molecule has 0 saturated heterocycles. The molecule has 1 aromatic carbocycles. The minimum atomic E-state index is 0.572. The zero-order chi connectivity index (χ0) is 15.4. The van der Waals surface area contributed by atoms with Crippen LogP contribution in [-0.4, -0.2) is 11.6 Å². The number of hydrogen-bond acceptors (Lipinski definition) is 2. The number of aromatic nitrogens is 1. The highest BCUT2D eigenvalue weighted by atomic mass is 35.5. The summed E-state index contributed by atoms with van der Waals surface area (Å²) in [5.41, 5.74) is 3.21. The molecule has 0 spiro atoms. The highest BCUT2D eigenvalue weighted by Crippen LogP contribution is 2.31. The van der Waals surface area contributed by atoms with Crippen LogP contribution in [0.1, 0.15) is 30.3 Å². The third-order valence-corrected chi connectivity index (χ3v) is 3.39. The van der Waals surface area contributed by atoms with Crippen LogP contribution in [0, 0.1) is 6.92 Å². The van der Waals surface area contributed by atoms with Gasteiger partial charge in [-0.2, -0.15) is 0 Å². The van der Waals surface area contributed by atoms with Crippen LogP contribution >= 0.6 is 23.2 Å². The van der Waals surface area contributed by atoms with Gasteiger partial charge in [0.25, 0.3) is 0 Å². The molecule has 2 rings (SSSR count). The topological polar surface area (TPSA) is 22.1 Å². The van der Waals surface area contributed by atoms with Crippen molar-refractivity contribution in [3.63, 3.8) is 0 Å². The van der Waals surface area contributed by atoms with Gasteiger partial charge in [0.1, 0.15) is 11.4 Å². The van der Waals surface area contributed by atoms with Crippen LogP contribution in [0.25, 0.3) is 5.57 Å². The second-order valence-electron chi connectivity index (χ2n) is 4.78. The molecule has 0 radical (unpaired) electrons. The molecular formula is C17H17Cl2NO. The molecule has 0 amide bonds. The van der Waals surface area contributed by atoms with Crippen molar-refractivity contribution in [1.29, 1.82) is 0 Å². The van der Waals surface area contributed by atoms with Gasteiger partial charge in [0, 0.05) is 21.3 Å². The number of benzene rings is 1. The van der Waals surface area contributed by atoms with Crippen molar-refractivity contribution >= 4 is 28.8 Å². The number of pyridine rings is 1. The number of aryl methyl sites for hydroxylation is 1. The maximum Gasteiger partial charge on any atom is 0.145 e. The Morgan fingerprint density at radius 2 is 1.86 bits per heavy atom. The summed E-state index contributed by atoms with van der Waals surface area (Å²) in [6.45, 7) is 8.77. The van der Waals surface area contributed by atoms with Gasteiger partial charge in [-0.05, 0) is 49.2 Å². The van der Waals surface area contributed by atoms with Crippen molar-refractivity contribution in [1.82, 2.24) is 4.98 Å². The molecule has 0 N–H and O–H groups in total.